The number of hydrogen-bond acceptors (Lipinski definition) is 3. The molecule has 184 valence electrons. The van der Waals surface area contributed by atoms with Crippen LogP contribution < -0.4 is 4.90 Å². The molecule has 0 fully saturated rings. The first-order valence-corrected chi connectivity index (χ1v) is 13.9. The quantitative estimate of drug-likeness (QED) is 0.250. The molecule has 37 heavy (non-hydrogen) atoms. The van der Waals surface area contributed by atoms with Gasteiger partial charge in [-0.05, 0) is 60.5 Å². The highest BCUT2D eigenvalue weighted by Crippen LogP contribution is 2.47. The van der Waals surface area contributed by atoms with E-state index in [1.54, 1.807) is 0 Å². The third kappa shape index (κ3) is 4.10. The van der Waals surface area contributed by atoms with Gasteiger partial charge in [-0.1, -0.05) is 67.2 Å². The minimum atomic E-state index is -0.205. The summed E-state index contributed by atoms with van der Waals surface area (Å²) in [6.07, 6.45) is 10.7. The Morgan fingerprint density at radius 2 is 1.78 bits per heavy atom. The van der Waals surface area contributed by atoms with E-state index in [9.17, 15) is 0 Å². The fourth-order valence-corrected chi connectivity index (χ4v) is 7.04. The number of nitrogens with zero attached hydrogens (tertiary/aromatic N) is 3. The van der Waals surface area contributed by atoms with Crippen LogP contribution in [0, 0.1) is 0 Å². The van der Waals surface area contributed by atoms with Crippen molar-refractivity contribution in [3.05, 3.63) is 120 Å². The first kappa shape index (κ1) is 23.7. The van der Waals surface area contributed by atoms with Crippen molar-refractivity contribution in [1.82, 2.24) is 4.98 Å². The molecule has 3 nitrogen and oxygen atoms in total. The number of rotatable bonds is 6. The van der Waals surface area contributed by atoms with Gasteiger partial charge in [0.05, 0.1) is 16.1 Å². The Labute approximate surface area is 223 Å². The minimum absolute atomic E-state index is 0.205. The molecule has 0 radical (unpaired) electrons. The van der Waals surface area contributed by atoms with Crippen LogP contribution in [0.1, 0.15) is 31.5 Å². The number of pyridine rings is 1. The molecule has 0 amide bonds. The number of fused-ring (bicyclic) bond motifs is 4. The number of thioether (sulfide) groups is 1. The normalized spacial score (nSPS) is 19.9. The van der Waals surface area contributed by atoms with Crippen molar-refractivity contribution >= 4 is 39.6 Å². The molecule has 1 unspecified atom stereocenters. The van der Waals surface area contributed by atoms with E-state index in [1.807, 2.05) is 24.0 Å². The Morgan fingerprint density at radius 1 is 0.973 bits per heavy atom. The molecule has 3 heterocycles. The maximum Gasteiger partial charge on any atom is 0.210 e. The third-order valence-electron chi connectivity index (χ3n) is 7.58. The van der Waals surface area contributed by atoms with Crippen LogP contribution in [0.3, 0.4) is 0 Å². The van der Waals surface area contributed by atoms with Crippen molar-refractivity contribution in [3.8, 4) is 0 Å². The number of hydrogen-bond donors (Lipinski definition) is 0. The summed E-state index contributed by atoms with van der Waals surface area (Å²) in [5.74, 6) is 0. The van der Waals surface area contributed by atoms with E-state index in [0.29, 0.717) is 0 Å². The number of benzene rings is 3. The molecule has 0 bridgehead atoms. The average molecular weight is 503 g/mol. The monoisotopic (exact) mass is 502 g/mol. The standard InChI is InChI=1S/C33H32N3S/c1-4-22-36-27-15-7-8-16-29(27)37-31(36)18-11-17-30-33(2,23-25-13-9-10-21-34-25)32-26-14-6-5-12-24(26)19-20-28(32)35(30)3/h5-21H,4,22-23H2,1-3H3/q+1. The first-order chi connectivity index (χ1) is 18.1. The lowest BCUT2D eigenvalue weighted by atomic mass is 9.73. The van der Waals surface area contributed by atoms with Crippen LogP contribution in [-0.2, 0) is 11.8 Å². The van der Waals surface area contributed by atoms with Crippen LogP contribution in [-0.4, -0.2) is 28.9 Å². The molecule has 0 aliphatic carbocycles. The van der Waals surface area contributed by atoms with Crippen LogP contribution in [0.25, 0.3) is 10.8 Å². The molecule has 2 aliphatic rings. The van der Waals surface area contributed by atoms with Gasteiger partial charge in [-0.15, -0.1) is 0 Å². The highest BCUT2D eigenvalue weighted by molar-refractivity contribution is 8.03. The topological polar surface area (TPSA) is 19.1 Å². The second-order valence-corrected chi connectivity index (χ2v) is 11.1. The van der Waals surface area contributed by atoms with E-state index in [4.69, 9.17) is 4.98 Å². The predicted molar refractivity (Wildman–Crippen MR) is 157 cm³/mol. The van der Waals surface area contributed by atoms with Crippen molar-refractivity contribution in [3.63, 3.8) is 0 Å². The lowest BCUT2D eigenvalue weighted by Crippen LogP contribution is -2.33. The van der Waals surface area contributed by atoms with E-state index in [1.165, 1.54) is 43.3 Å². The Hall–Kier alpha value is -3.63. The highest BCUT2D eigenvalue weighted by atomic mass is 32.2. The second kappa shape index (κ2) is 9.68. The summed E-state index contributed by atoms with van der Waals surface area (Å²) in [5, 5.41) is 3.89. The molecule has 6 rings (SSSR count). The van der Waals surface area contributed by atoms with Gasteiger partial charge in [0.25, 0.3) is 0 Å². The summed E-state index contributed by atoms with van der Waals surface area (Å²) in [6.45, 7) is 5.65. The molecular formula is C33H32N3S+. The van der Waals surface area contributed by atoms with Gasteiger partial charge < -0.3 is 4.90 Å². The zero-order valence-corrected chi connectivity index (χ0v) is 22.5. The molecule has 2 aliphatic heterocycles. The summed E-state index contributed by atoms with van der Waals surface area (Å²) in [4.78, 5) is 8.50. The van der Waals surface area contributed by atoms with E-state index in [0.717, 1.165) is 25.1 Å². The zero-order valence-electron chi connectivity index (χ0n) is 21.7. The summed E-state index contributed by atoms with van der Waals surface area (Å²) in [7, 11) is 2.20. The molecule has 1 aromatic heterocycles. The molecule has 4 heteroatoms. The number of allylic oxidation sites excluding steroid dienone is 3. The maximum atomic E-state index is 4.72. The Morgan fingerprint density at radius 3 is 2.62 bits per heavy atom. The van der Waals surface area contributed by atoms with Gasteiger partial charge >= 0.3 is 0 Å². The van der Waals surface area contributed by atoms with Crippen molar-refractivity contribution in [2.75, 3.05) is 18.5 Å². The molecular weight excluding hydrogens is 470 g/mol. The number of anilines is 1. The van der Waals surface area contributed by atoms with E-state index in [2.05, 4.69) is 121 Å². The van der Waals surface area contributed by atoms with Crippen molar-refractivity contribution in [2.45, 2.75) is 37.0 Å². The number of aromatic nitrogens is 1. The maximum absolute atomic E-state index is 4.72. The summed E-state index contributed by atoms with van der Waals surface area (Å²) in [5.41, 5.74) is 6.19. The Bertz CT molecular complexity index is 1570. The van der Waals surface area contributed by atoms with Crippen LogP contribution in [0.15, 0.2) is 113 Å². The smallest absolute Gasteiger partial charge is 0.210 e. The van der Waals surface area contributed by atoms with E-state index in [-0.39, 0.29) is 5.41 Å². The molecule has 0 saturated heterocycles. The lowest BCUT2D eigenvalue weighted by Gasteiger charge is -2.23. The molecule has 0 saturated carbocycles. The molecule has 4 aromatic rings. The van der Waals surface area contributed by atoms with E-state index < -0.39 is 0 Å². The van der Waals surface area contributed by atoms with E-state index >= 15 is 0 Å². The van der Waals surface area contributed by atoms with Gasteiger partial charge in [-0.2, -0.15) is 4.58 Å². The number of para-hydroxylation sites is 1. The van der Waals surface area contributed by atoms with Crippen LogP contribution in [0.4, 0.5) is 11.4 Å². The van der Waals surface area contributed by atoms with Gasteiger partial charge in [0.1, 0.15) is 7.05 Å². The first-order valence-electron chi connectivity index (χ1n) is 13.1. The largest absolute Gasteiger partial charge is 0.335 e. The molecule has 0 spiro atoms. The SMILES string of the molecule is CCCN1/C(=C/C=C/C2=[N+](C)c3ccc4ccccc4c3C2(C)Cc2ccccn2)Sc2ccccc21. The van der Waals surface area contributed by atoms with Gasteiger partial charge in [0.15, 0.2) is 5.71 Å². The van der Waals surface area contributed by atoms with Gasteiger partial charge in [0, 0.05) is 47.5 Å². The van der Waals surface area contributed by atoms with Crippen molar-refractivity contribution < 1.29 is 4.58 Å². The average Bonchev–Trinajstić information content (AvgIpc) is 3.37. The fraction of sp³-hybridized carbons (Fsp3) is 0.212. The van der Waals surface area contributed by atoms with Crippen LogP contribution in [0.5, 0.6) is 0 Å². The zero-order chi connectivity index (χ0) is 25.4. The van der Waals surface area contributed by atoms with Gasteiger partial charge in [0.2, 0.25) is 5.69 Å². The Kier molecular flexibility index (Phi) is 6.21. The molecule has 1 atom stereocenters. The fourth-order valence-electron chi connectivity index (χ4n) is 5.94. The molecule has 3 aromatic carbocycles. The molecule has 0 N–H and O–H groups in total. The Balaban J connectivity index is 1.43. The summed E-state index contributed by atoms with van der Waals surface area (Å²) < 4.78 is 2.38. The summed E-state index contributed by atoms with van der Waals surface area (Å²) >= 11 is 1.86. The second-order valence-electron chi connectivity index (χ2n) is 10.0. The van der Waals surface area contributed by atoms with Crippen molar-refractivity contribution in [2.24, 2.45) is 0 Å². The van der Waals surface area contributed by atoms with Crippen LogP contribution in [0.2, 0.25) is 0 Å². The lowest BCUT2D eigenvalue weighted by molar-refractivity contribution is -0.401. The summed E-state index contributed by atoms with van der Waals surface area (Å²) in [6, 6.07) is 28.2. The minimum Gasteiger partial charge on any atom is -0.335 e. The van der Waals surface area contributed by atoms with Gasteiger partial charge in [-0.3, -0.25) is 4.98 Å². The predicted octanol–water partition coefficient (Wildman–Crippen LogP) is 7.88. The third-order valence-corrected chi connectivity index (χ3v) is 8.72. The van der Waals surface area contributed by atoms with Gasteiger partial charge in [-0.25, -0.2) is 0 Å². The van der Waals surface area contributed by atoms with Crippen molar-refractivity contribution in [1.29, 1.82) is 0 Å². The van der Waals surface area contributed by atoms with Crippen LogP contribution >= 0.6 is 11.8 Å². The highest BCUT2D eigenvalue weighted by Gasteiger charge is 2.48.